The fraction of sp³-hybridized carbons (Fsp3) is 0.300. The summed E-state index contributed by atoms with van der Waals surface area (Å²) in [5.41, 5.74) is -0.189. The zero-order valence-corrected chi connectivity index (χ0v) is 15.9. The van der Waals surface area contributed by atoms with E-state index < -0.39 is 23.3 Å². The molecule has 2 aromatic carbocycles. The van der Waals surface area contributed by atoms with Gasteiger partial charge >= 0.3 is 6.03 Å². The summed E-state index contributed by atoms with van der Waals surface area (Å²) in [6.07, 6.45) is 0.767. The van der Waals surface area contributed by atoms with Gasteiger partial charge in [0.15, 0.2) is 11.5 Å². The molecule has 0 aromatic heterocycles. The van der Waals surface area contributed by atoms with E-state index in [1.54, 1.807) is 25.1 Å². The van der Waals surface area contributed by atoms with Gasteiger partial charge in [0, 0.05) is 11.4 Å². The van der Waals surface area contributed by atoms with E-state index in [0.29, 0.717) is 35.8 Å². The van der Waals surface area contributed by atoms with Crippen LogP contribution in [0.1, 0.15) is 24.5 Å². The predicted molar refractivity (Wildman–Crippen MR) is 99.9 cm³/mol. The third-order valence-electron chi connectivity index (χ3n) is 4.94. The molecule has 2 heterocycles. The highest BCUT2D eigenvalue weighted by Gasteiger charge is 2.49. The molecule has 1 N–H and O–H groups in total. The Bertz CT molecular complexity index is 967. The van der Waals surface area contributed by atoms with Crippen LogP contribution in [-0.2, 0) is 16.9 Å². The second-order valence-corrected chi connectivity index (χ2v) is 7.30. The average Bonchev–Trinajstić information content (AvgIpc) is 2.83. The number of amides is 3. The van der Waals surface area contributed by atoms with E-state index in [2.05, 4.69) is 5.32 Å². The molecule has 0 aliphatic carbocycles. The van der Waals surface area contributed by atoms with Crippen LogP contribution in [0.2, 0.25) is 5.02 Å². The summed E-state index contributed by atoms with van der Waals surface area (Å²) >= 11 is 6.05. The lowest BCUT2D eigenvalue weighted by molar-refractivity contribution is -0.131. The van der Waals surface area contributed by atoms with Crippen LogP contribution in [-0.4, -0.2) is 30.1 Å². The zero-order valence-electron chi connectivity index (χ0n) is 15.1. The van der Waals surface area contributed by atoms with E-state index in [9.17, 15) is 14.0 Å². The van der Waals surface area contributed by atoms with E-state index >= 15 is 0 Å². The third kappa shape index (κ3) is 3.16. The first kappa shape index (κ1) is 18.6. The Morgan fingerprint density at radius 2 is 1.89 bits per heavy atom. The van der Waals surface area contributed by atoms with Crippen molar-refractivity contribution in [1.82, 2.24) is 10.2 Å². The van der Waals surface area contributed by atoms with Gasteiger partial charge in [0.25, 0.3) is 5.91 Å². The summed E-state index contributed by atoms with van der Waals surface area (Å²) in [5.74, 6) is 0.241. The maximum atomic E-state index is 13.3. The standard InChI is InChI=1S/C20H18ClFN2O4/c1-20(13-4-6-16-17(9-13)28-8-2-7-27-16)18(25)24(19(26)23-20)11-12-3-5-14(22)10-15(12)21/h3-6,9-10H,2,7-8,11H2,1H3,(H,23,26). The van der Waals surface area contributed by atoms with Gasteiger partial charge in [0.2, 0.25) is 0 Å². The Kier molecular flexibility index (Phi) is 4.63. The number of carbonyl (C=O) groups excluding carboxylic acids is 2. The fourth-order valence-electron chi connectivity index (χ4n) is 3.33. The van der Waals surface area contributed by atoms with Crippen LogP contribution in [0.4, 0.5) is 9.18 Å². The molecule has 1 atom stereocenters. The van der Waals surface area contributed by atoms with Crippen LogP contribution in [0, 0.1) is 5.82 Å². The summed E-state index contributed by atoms with van der Waals surface area (Å²) in [7, 11) is 0. The normalized spacial score (nSPS) is 21.5. The number of halogens is 2. The first-order valence-corrected chi connectivity index (χ1v) is 9.24. The van der Waals surface area contributed by atoms with Crippen LogP contribution < -0.4 is 14.8 Å². The Morgan fingerprint density at radius 3 is 2.64 bits per heavy atom. The zero-order chi connectivity index (χ0) is 19.9. The highest BCUT2D eigenvalue weighted by atomic mass is 35.5. The molecular formula is C20H18ClFN2O4. The predicted octanol–water partition coefficient (Wildman–Crippen LogP) is 3.61. The Labute approximate surface area is 166 Å². The lowest BCUT2D eigenvalue weighted by Gasteiger charge is -2.23. The van der Waals surface area contributed by atoms with Gasteiger partial charge in [-0.2, -0.15) is 0 Å². The largest absolute Gasteiger partial charge is 0.490 e. The summed E-state index contributed by atoms with van der Waals surface area (Å²) in [6.45, 7) is 2.66. The first-order valence-electron chi connectivity index (χ1n) is 8.86. The highest BCUT2D eigenvalue weighted by molar-refractivity contribution is 6.31. The lowest BCUT2D eigenvalue weighted by Crippen LogP contribution is -2.40. The van der Waals surface area contributed by atoms with Crippen molar-refractivity contribution in [2.45, 2.75) is 25.4 Å². The number of nitrogens with zero attached hydrogens (tertiary/aromatic N) is 1. The van der Waals surface area contributed by atoms with Gasteiger partial charge in [-0.25, -0.2) is 9.18 Å². The number of benzene rings is 2. The van der Waals surface area contributed by atoms with E-state index in [0.717, 1.165) is 17.4 Å². The third-order valence-corrected chi connectivity index (χ3v) is 5.30. The lowest BCUT2D eigenvalue weighted by atomic mass is 9.91. The molecule has 0 radical (unpaired) electrons. The molecule has 1 saturated heterocycles. The van der Waals surface area contributed by atoms with Crippen LogP contribution in [0.15, 0.2) is 36.4 Å². The minimum Gasteiger partial charge on any atom is -0.490 e. The maximum absolute atomic E-state index is 13.3. The fourth-order valence-corrected chi connectivity index (χ4v) is 3.56. The van der Waals surface area contributed by atoms with Gasteiger partial charge in [-0.1, -0.05) is 23.7 Å². The molecule has 8 heteroatoms. The summed E-state index contributed by atoms with van der Waals surface area (Å²) in [5, 5.41) is 2.90. The second-order valence-electron chi connectivity index (χ2n) is 6.89. The number of nitrogens with one attached hydrogen (secondary N) is 1. The number of carbonyl (C=O) groups is 2. The minimum absolute atomic E-state index is 0.0517. The van der Waals surface area contributed by atoms with Gasteiger partial charge in [0.1, 0.15) is 11.4 Å². The summed E-state index contributed by atoms with van der Waals surface area (Å²) < 4.78 is 24.6. The molecule has 2 aliphatic rings. The van der Waals surface area contributed by atoms with Gasteiger partial charge < -0.3 is 14.8 Å². The second kappa shape index (κ2) is 6.98. The number of ether oxygens (including phenoxy) is 2. The van der Waals surface area contributed by atoms with Crippen molar-refractivity contribution < 1.29 is 23.5 Å². The van der Waals surface area contributed by atoms with Crippen molar-refractivity contribution in [2.75, 3.05) is 13.2 Å². The molecule has 2 aromatic rings. The molecule has 0 bridgehead atoms. The highest BCUT2D eigenvalue weighted by Crippen LogP contribution is 2.37. The van der Waals surface area contributed by atoms with Gasteiger partial charge in [0.05, 0.1) is 19.8 Å². The smallest absolute Gasteiger partial charge is 0.325 e. The molecule has 28 heavy (non-hydrogen) atoms. The Morgan fingerprint density at radius 1 is 1.14 bits per heavy atom. The molecule has 0 saturated carbocycles. The van der Waals surface area contributed by atoms with Gasteiger partial charge in [-0.3, -0.25) is 9.69 Å². The van der Waals surface area contributed by atoms with Crippen molar-refractivity contribution in [3.05, 3.63) is 58.4 Å². The van der Waals surface area contributed by atoms with E-state index in [4.69, 9.17) is 21.1 Å². The molecule has 0 spiro atoms. The maximum Gasteiger partial charge on any atom is 0.325 e. The topological polar surface area (TPSA) is 67.9 Å². The number of fused-ring (bicyclic) bond motifs is 1. The minimum atomic E-state index is -1.26. The monoisotopic (exact) mass is 404 g/mol. The van der Waals surface area contributed by atoms with Gasteiger partial charge in [-0.05, 0) is 42.3 Å². The molecule has 146 valence electrons. The number of imide groups is 1. The number of hydrogen-bond acceptors (Lipinski definition) is 4. The van der Waals surface area contributed by atoms with E-state index in [-0.39, 0.29) is 11.6 Å². The molecule has 1 fully saturated rings. The first-order chi connectivity index (χ1) is 13.4. The van der Waals surface area contributed by atoms with Crippen molar-refractivity contribution in [2.24, 2.45) is 0 Å². The molecular weight excluding hydrogens is 387 g/mol. The molecule has 6 nitrogen and oxygen atoms in total. The molecule has 2 aliphatic heterocycles. The van der Waals surface area contributed by atoms with E-state index in [1.165, 1.54) is 12.1 Å². The molecule has 4 rings (SSSR count). The van der Waals surface area contributed by atoms with Crippen molar-refractivity contribution in [3.8, 4) is 11.5 Å². The average molecular weight is 405 g/mol. The molecule has 3 amide bonds. The summed E-state index contributed by atoms with van der Waals surface area (Å²) in [4.78, 5) is 26.7. The SMILES string of the molecule is CC1(c2ccc3c(c2)OCCCO3)NC(=O)N(Cc2ccc(F)cc2Cl)C1=O. The Hall–Kier alpha value is -2.80. The Balaban J connectivity index is 1.63. The quantitative estimate of drug-likeness (QED) is 0.793. The van der Waals surface area contributed by atoms with Crippen molar-refractivity contribution in [3.63, 3.8) is 0 Å². The van der Waals surface area contributed by atoms with Crippen LogP contribution in [0.5, 0.6) is 11.5 Å². The number of rotatable bonds is 3. The number of hydrogen-bond donors (Lipinski definition) is 1. The molecule has 1 unspecified atom stereocenters. The van der Waals surface area contributed by atoms with E-state index in [1.807, 2.05) is 0 Å². The number of urea groups is 1. The summed E-state index contributed by atoms with van der Waals surface area (Å²) in [6, 6.07) is 8.50. The van der Waals surface area contributed by atoms with Crippen LogP contribution in [0.3, 0.4) is 0 Å². The van der Waals surface area contributed by atoms with Gasteiger partial charge in [-0.15, -0.1) is 0 Å². The van der Waals surface area contributed by atoms with Crippen LogP contribution in [0.25, 0.3) is 0 Å². The van der Waals surface area contributed by atoms with Crippen LogP contribution >= 0.6 is 11.6 Å². The van der Waals surface area contributed by atoms with Crippen molar-refractivity contribution >= 4 is 23.5 Å². The van der Waals surface area contributed by atoms with Crippen molar-refractivity contribution in [1.29, 1.82) is 0 Å².